The van der Waals surface area contributed by atoms with Gasteiger partial charge in [0.2, 0.25) is 0 Å². The molecule has 10 heavy (non-hydrogen) atoms. The van der Waals surface area contributed by atoms with Gasteiger partial charge in [0.25, 0.3) is 0 Å². The Balaban J connectivity index is 2.97. The first-order valence-corrected chi connectivity index (χ1v) is 3.75. The summed E-state index contributed by atoms with van der Waals surface area (Å²) in [6, 6.07) is 0. The molecule has 0 aromatic heterocycles. The second-order valence-electron chi connectivity index (χ2n) is 2.48. The summed E-state index contributed by atoms with van der Waals surface area (Å²) < 4.78 is 0. The topological polar surface area (TPSA) is 35.5 Å². The summed E-state index contributed by atoms with van der Waals surface area (Å²) in [5.74, 6) is 0. The summed E-state index contributed by atoms with van der Waals surface area (Å²) in [5, 5.41) is 11.6. The molecule has 3 nitrogen and oxygen atoms in total. The van der Waals surface area contributed by atoms with Gasteiger partial charge < -0.3 is 15.3 Å². The molecular weight excluding hydrogens is 128 g/mol. The molecule has 0 saturated heterocycles. The van der Waals surface area contributed by atoms with E-state index in [9.17, 15) is 0 Å². The van der Waals surface area contributed by atoms with Crippen LogP contribution in [0.4, 0.5) is 0 Å². The van der Waals surface area contributed by atoms with Crippen molar-refractivity contribution >= 4 is 0 Å². The third kappa shape index (κ3) is 6.01. The maximum Gasteiger partial charge on any atom is 0.0558 e. The predicted molar refractivity (Wildman–Crippen MR) is 43.1 cm³/mol. The van der Waals surface area contributed by atoms with Crippen LogP contribution in [0.1, 0.15) is 6.42 Å². The largest absolute Gasteiger partial charge is 0.395 e. The van der Waals surface area contributed by atoms with Gasteiger partial charge >= 0.3 is 0 Å². The Morgan fingerprint density at radius 3 is 2.60 bits per heavy atom. The number of nitrogens with zero attached hydrogens (tertiary/aromatic N) is 1. The number of hydrogen-bond donors (Lipinski definition) is 2. The lowest BCUT2D eigenvalue weighted by Gasteiger charge is -2.13. The van der Waals surface area contributed by atoms with Crippen LogP contribution in [-0.4, -0.2) is 50.3 Å². The van der Waals surface area contributed by atoms with Gasteiger partial charge in [0, 0.05) is 6.54 Å². The van der Waals surface area contributed by atoms with Gasteiger partial charge in [0.15, 0.2) is 0 Å². The van der Waals surface area contributed by atoms with E-state index in [4.69, 9.17) is 5.11 Å². The van der Waals surface area contributed by atoms with Crippen LogP contribution in [0.5, 0.6) is 0 Å². The highest BCUT2D eigenvalue weighted by Gasteiger charge is 1.94. The monoisotopic (exact) mass is 146 g/mol. The molecule has 0 unspecified atom stereocenters. The molecule has 0 aliphatic carbocycles. The zero-order valence-electron chi connectivity index (χ0n) is 6.93. The molecule has 0 aromatic carbocycles. The van der Waals surface area contributed by atoms with Crippen molar-refractivity contribution in [3.8, 4) is 0 Å². The Morgan fingerprint density at radius 2 is 2.10 bits per heavy atom. The summed E-state index contributed by atoms with van der Waals surface area (Å²) in [6.45, 7) is 3.15. The fourth-order valence-electron chi connectivity index (χ4n) is 0.808. The molecule has 0 aliphatic rings. The molecule has 0 fully saturated rings. The quantitative estimate of drug-likeness (QED) is 0.497. The highest BCUT2D eigenvalue weighted by molar-refractivity contribution is 4.50. The van der Waals surface area contributed by atoms with Gasteiger partial charge in [-0.25, -0.2) is 0 Å². The molecule has 0 aromatic rings. The average Bonchev–Trinajstić information content (AvgIpc) is 1.89. The van der Waals surface area contributed by atoms with Gasteiger partial charge in [-0.1, -0.05) is 0 Å². The second kappa shape index (κ2) is 6.99. The maximum absolute atomic E-state index is 8.54. The first kappa shape index (κ1) is 9.88. The number of aliphatic hydroxyl groups is 1. The van der Waals surface area contributed by atoms with E-state index in [0.29, 0.717) is 0 Å². The minimum atomic E-state index is 0.260. The van der Waals surface area contributed by atoms with Crippen molar-refractivity contribution < 1.29 is 5.11 Å². The zero-order valence-corrected chi connectivity index (χ0v) is 6.93. The minimum Gasteiger partial charge on any atom is -0.395 e. The molecule has 0 aliphatic heterocycles. The van der Waals surface area contributed by atoms with E-state index in [2.05, 4.69) is 10.2 Å². The van der Waals surface area contributed by atoms with E-state index < -0.39 is 0 Å². The van der Waals surface area contributed by atoms with Crippen LogP contribution in [0.3, 0.4) is 0 Å². The summed E-state index contributed by atoms with van der Waals surface area (Å²) >= 11 is 0. The fraction of sp³-hybridized carbons (Fsp3) is 1.00. The Labute approximate surface area is 63.0 Å². The van der Waals surface area contributed by atoms with Crippen molar-refractivity contribution in [3.63, 3.8) is 0 Å². The number of likely N-dealkylation sites (N-methyl/N-ethyl adjacent to an activating group) is 1. The van der Waals surface area contributed by atoms with E-state index in [-0.39, 0.29) is 6.61 Å². The van der Waals surface area contributed by atoms with Crippen molar-refractivity contribution in [3.05, 3.63) is 0 Å². The number of aliphatic hydroxyl groups excluding tert-OH is 1. The number of rotatable bonds is 6. The Bertz CT molecular complexity index is 68.6. The number of nitrogens with one attached hydrogen (secondary N) is 1. The van der Waals surface area contributed by atoms with Crippen LogP contribution in [0.15, 0.2) is 0 Å². The fourth-order valence-corrected chi connectivity index (χ4v) is 0.808. The van der Waals surface area contributed by atoms with E-state index in [1.54, 1.807) is 0 Å². The second-order valence-corrected chi connectivity index (χ2v) is 2.48. The van der Waals surface area contributed by atoms with Crippen molar-refractivity contribution in [1.29, 1.82) is 0 Å². The van der Waals surface area contributed by atoms with Gasteiger partial charge in [-0.2, -0.15) is 0 Å². The molecule has 0 radical (unpaired) electrons. The van der Waals surface area contributed by atoms with Crippen LogP contribution in [0.2, 0.25) is 0 Å². The van der Waals surface area contributed by atoms with Crippen molar-refractivity contribution in [2.75, 3.05) is 40.3 Å². The zero-order chi connectivity index (χ0) is 7.82. The molecule has 0 saturated carbocycles. The highest BCUT2D eigenvalue weighted by Crippen LogP contribution is 1.83. The normalized spacial score (nSPS) is 10.8. The Hall–Kier alpha value is -0.120. The summed E-state index contributed by atoms with van der Waals surface area (Å²) in [4.78, 5) is 2.12. The van der Waals surface area contributed by atoms with Crippen LogP contribution in [0.25, 0.3) is 0 Å². The SMILES string of the molecule is CNCCCN(C)CCO. The first-order valence-electron chi connectivity index (χ1n) is 3.75. The number of hydrogen-bond acceptors (Lipinski definition) is 3. The molecule has 3 heteroatoms. The highest BCUT2D eigenvalue weighted by atomic mass is 16.3. The van der Waals surface area contributed by atoms with Gasteiger partial charge in [-0.3, -0.25) is 0 Å². The van der Waals surface area contributed by atoms with Crippen molar-refractivity contribution in [2.45, 2.75) is 6.42 Å². The first-order chi connectivity index (χ1) is 4.81. The smallest absolute Gasteiger partial charge is 0.0558 e. The van der Waals surface area contributed by atoms with Gasteiger partial charge in [-0.05, 0) is 33.6 Å². The third-order valence-corrected chi connectivity index (χ3v) is 1.45. The van der Waals surface area contributed by atoms with Crippen LogP contribution >= 0.6 is 0 Å². The van der Waals surface area contributed by atoms with E-state index >= 15 is 0 Å². The van der Waals surface area contributed by atoms with Gasteiger partial charge in [0.05, 0.1) is 6.61 Å². The van der Waals surface area contributed by atoms with Crippen LogP contribution < -0.4 is 5.32 Å². The maximum atomic E-state index is 8.54. The standard InChI is InChI=1S/C7H18N2O/c1-8-4-3-5-9(2)6-7-10/h8,10H,3-7H2,1-2H3. The molecule has 0 rings (SSSR count). The summed E-state index contributed by atoms with van der Waals surface area (Å²) in [5.41, 5.74) is 0. The predicted octanol–water partition coefficient (Wildman–Crippen LogP) is -0.480. The van der Waals surface area contributed by atoms with E-state index in [0.717, 1.165) is 26.1 Å². The lowest BCUT2D eigenvalue weighted by Crippen LogP contribution is -2.25. The van der Waals surface area contributed by atoms with Crippen molar-refractivity contribution in [2.24, 2.45) is 0 Å². The Morgan fingerprint density at radius 1 is 1.40 bits per heavy atom. The molecular formula is C7H18N2O. The van der Waals surface area contributed by atoms with Gasteiger partial charge in [-0.15, -0.1) is 0 Å². The molecule has 62 valence electrons. The van der Waals surface area contributed by atoms with E-state index in [1.165, 1.54) is 0 Å². The molecule has 2 N–H and O–H groups in total. The molecule has 0 bridgehead atoms. The van der Waals surface area contributed by atoms with Gasteiger partial charge in [0.1, 0.15) is 0 Å². The minimum absolute atomic E-state index is 0.260. The average molecular weight is 146 g/mol. The molecule has 0 atom stereocenters. The van der Waals surface area contributed by atoms with Crippen LogP contribution in [-0.2, 0) is 0 Å². The molecule has 0 spiro atoms. The lowest BCUT2D eigenvalue weighted by atomic mass is 10.4. The van der Waals surface area contributed by atoms with Crippen LogP contribution in [0, 0.1) is 0 Å². The van der Waals surface area contributed by atoms with Crippen molar-refractivity contribution in [1.82, 2.24) is 10.2 Å². The molecule has 0 amide bonds. The lowest BCUT2D eigenvalue weighted by molar-refractivity contribution is 0.220. The molecule has 0 heterocycles. The summed E-state index contributed by atoms with van der Waals surface area (Å²) in [7, 11) is 3.97. The van der Waals surface area contributed by atoms with E-state index in [1.807, 2.05) is 14.1 Å². The third-order valence-electron chi connectivity index (χ3n) is 1.45. The summed E-state index contributed by atoms with van der Waals surface area (Å²) in [6.07, 6.45) is 1.15. The Kier molecular flexibility index (Phi) is 6.91.